The molecule has 2 saturated heterocycles. The van der Waals surface area contributed by atoms with Gasteiger partial charge in [-0.3, -0.25) is 9.69 Å². The first-order valence-corrected chi connectivity index (χ1v) is 10.3. The molecule has 5 rings (SSSR count). The Bertz CT molecular complexity index is 866. The minimum absolute atomic E-state index is 0.0388. The number of nitrogens with zero attached hydrogens (tertiary/aromatic N) is 2. The molecule has 1 aromatic carbocycles. The lowest BCUT2D eigenvalue weighted by Crippen LogP contribution is -2.35. The number of amides is 2. The molecule has 3 fully saturated rings. The molecule has 1 unspecified atom stereocenters. The zero-order valence-corrected chi connectivity index (χ0v) is 15.8. The Morgan fingerprint density at radius 1 is 1.29 bits per heavy atom. The van der Waals surface area contributed by atoms with Crippen molar-refractivity contribution in [1.82, 2.24) is 5.32 Å². The van der Waals surface area contributed by atoms with Gasteiger partial charge in [-0.15, -0.1) is 11.8 Å². The molecule has 2 bridgehead atoms. The van der Waals surface area contributed by atoms with E-state index in [0.717, 1.165) is 29.9 Å². The van der Waals surface area contributed by atoms with Gasteiger partial charge >= 0.3 is 6.09 Å². The third-order valence-electron chi connectivity index (χ3n) is 5.47. The first-order valence-electron chi connectivity index (χ1n) is 9.36. The minimum atomic E-state index is -0.706. The number of hydrogen-bond donors (Lipinski definition) is 1. The summed E-state index contributed by atoms with van der Waals surface area (Å²) in [6, 6.07) is 2.41. The highest BCUT2D eigenvalue weighted by Crippen LogP contribution is 2.44. The van der Waals surface area contributed by atoms with E-state index in [1.165, 1.54) is 17.0 Å². The Hall–Kier alpha value is -2.29. The van der Waals surface area contributed by atoms with Crippen LogP contribution in [0.2, 0.25) is 0 Å². The van der Waals surface area contributed by atoms with E-state index < -0.39 is 23.8 Å². The Balaban J connectivity index is 1.31. The highest BCUT2D eigenvalue weighted by atomic mass is 32.2. The van der Waals surface area contributed by atoms with Gasteiger partial charge < -0.3 is 15.0 Å². The van der Waals surface area contributed by atoms with E-state index in [9.17, 15) is 18.4 Å². The maximum atomic E-state index is 14.8. The van der Waals surface area contributed by atoms with Crippen LogP contribution in [0.3, 0.4) is 0 Å². The number of halogens is 2. The summed E-state index contributed by atoms with van der Waals surface area (Å²) in [6.07, 6.45) is 3.18. The van der Waals surface area contributed by atoms with Crippen LogP contribution in [-0.4, -0.2) is 43.0 Å². The van der Waals surface area contributed by atoms with Crippen molar-refractivity contribution in [3.05, 3.63) is 34.9 Å². The summed E-state index contributed by atoms with van der Waals surface area (Å²) in [7, 11) is 0. The molecule has 28 heavy (non-hydrogen) atoms. The molecule has 3 heterocycles. The number of fused-ring (bicyclic) bond motifs is 2. The number of ether oxygens (including phenoxy) is 1. The van der Waals surface area contributed by atoms with Gasteiger partial charge in [-0.25, -0.2) is 13.6 Å². The number of thioether (sulfide) groups is 1. The fraction of sp³-hybridized carbons (Fsp3) is 0.474. The summed E-state index contributed by atoms with van der Waals surface area (Å²) in [5.74, 6) is -0.564. The average Bonchev–Trinajstić information content (AvgIpc) is 3.13. The molecule has 0 radical (unpaired) electrons. The molecule has 0 spiro atoms. The van der Waals surface area contributed by atoms with Gasteiger partial charge in [0.1, 0.15) is 11.8 Å². The van der Waals surface area contributed by atoms with Crippen molar-refractivity contribution in [2.45, 2.75) is 31.4 Å². The second kappa shape index (κ2) is 6.65. The van der Waals surface area contributed by atoms with Crippen molar-refractivity contribution in [3.63, 3.8) is 0 Å². The van der Waals surface area contributed by atoms with Gasteiger partial charge in [0.2, 0.25) is 5.91 Å². The second-order valence-electron chi connectivity index (χ2n) is 7.57. The van der Waals surface area contributed by atoms with Gasteiger partial charge in [0.05, 0.1) is 18.8 Å². The predicted octanol–water partition coefficient (Wildman–Crippen LogP) is 2.98. The third-order valence-corrected chi connectivity index (χ3v) is 6.67. The Morgan fingerprint density at radius 3 is 2.64 bits per heavy atom. The number of carbonyl (C=O) groups is 2. The van der Waals surface area contributed by atoms with E-state index in [1.807, 2.05) is 0 Å². The van der Waals surface area contributed by atoms with E-state index >= 15 is 0 Å². The number of benzene rings is 1. The number of hydrogen-bond acceptors (Lipinski definition) is 5. The van der Waals surface area contributed by atoms with E-state index in [0.29, 0.717) is 0 Å². The quantitative estimate of drug-likeness (QED) is 0.813. The maximum Gasteiger partial charge on any atom is 0.414 e. The van der Waals surface area contributed by atoms with Crippen molar-refractivity contribution in [3.8, 4) is 0 Å². The predicted molar refractivity (Wildman–Crippen MR) is 101 cm³/mol. The molecule has 2 atom stereocenters. The fourth-order valence-corrected chi connectivity index (χ4v) is 5.01. The monoisotopic (exact) mass is 407 g/mol. The molecule has 1 aromatic rings. The van der Waals surface area contributed by atoms with Crippen LogP contribution in [-0.2, 0) is 9.53 Å². The Kier molecular flexibility index (Phi) is 4.22. The fourth-order valence-electron chi connectivity index (χ4n) is 3.83. The number of carbonyl (C=O) groups excluding carboxylic acids is 2. The summed E-state index contributed by atoms with van der Waals surface area (Å²) >= 11 is 1.71. The first-order chi connectivity index (χ1) is 13.5. The number of anilines is 2. The lowest BCUT2D eigenvalue weighted by atomic mass is 10.2. The van der Waals surface area contributed by atoms with Crippen LogP contribution in [0.4, 0.5) is 25.0 Å². The molecular formula is C19H19F2N3O3S. The van der Waals surface area contributed by atoms with Crippen molar-refractivity contribution in [2.75, 3.05) is 28.6 Å². The largest absolute Gasteiger partial charge is 0.442 e. The standard InChI is InChI=1S/C19H19F2N3O3S/c20-15-4-11(5-16(21)17(15)23-8-14-3-12(23)9-28-14)24-7-13(27-19(24)26)6-22-18(25)10-1-2-10/h4-5,8,10,12-13H,1-3,6-7,9H2,(H,22,25)/t12?,13-/m0/s1. The van der Waals surface area contributed by atoms with Gasteiger partial charge in [0.25, 0.3) is 0 Å². The van der Waals surface area contributed by atoms with Crippen LogP contribution in [0.1, 0.15) is 19.3 Å². The lowest BCUT2D eigenvalue weighted by molar-refractivity contribution is -0.122. The van der Waals surface area contributed by atoms with Crippen molar-refractivity contribution in [2.24, 2.45) is 5.92 Å². The Morgan fingerprint density at radius 2 is 2.04 bits per heavy atom. The average molecular weight is 407 g/mol. The van der Waals surface area contributed by atoms with E-state index in [4.69, 9.17) is 4.74 Å². The summed E-state index contributed by atoms with van der Waals surface area (Å²) in [6.45, 7) is 0.330. The Labute approximate surface area is 164 Å². The molecular weight excluding hydrogens is 388 g/mol. The van der Waals surface area contributed by atoms with Crippen LogP contribution in [0.5, 0.6) is 0 Å². The number of nitrogens with one attached hydrogen (secondary N) is 1. The number of cyclic esters (lactones) is 1. The van der Waals surface area contributed by atoms with E-state index in [1.54, 1.807) is 22.9 Å². The maximum absolute atomic E-state index is 14.8. The van der Waals surface area contributed by atoms with Gasteiger partial charge in [-0.05, 0) is 12.8 Å². The van der Waals surface area contributed by atoms with Crippen molar-refractivity contribution >= 4 is 35.1 Å². The van der Waals surface area contributed by atoms with Crippen LogP contribution in [0, 0.1) is 17.6 Å². The van der Waals surface area contributed by atoms with Crippen LogP contribution < -0.4 is 15.1 Å². The SMILES string of the molecule is O=C(NC[C@H]1CN(c2cc(F)c(N3C=C4CC3CS4)c(F)c2)C(=O)O1)C1CC1. The summed E-state index contributed by atoms with van der Waals surface area (Å²) in [5, 5.41) is 2.76. The molecule has 2 amide bonds. The van der Waals surface area contributed by atoms with Gasteiger partial charge in [-0.1, -0.05) is 0 Å². The normalized spacial score (nSPS) is 25.9. The van der Waals surface area contributed by atoms with Crippen LogP contribution >= 0.6 is 11.8 Å². The van der Waals surface area contributed by atoms with Gasteiger partial charge in [-0.2, -0.15) is 0 Å². The summed E-state index contributed by atoms with van der Waals surface area (Å²) in [4.78, 5) is 27.9. The second-order valence-corrected chi connectivity index (χ2v) is 8.71. The number of rotatable bonds is 5. The molecule has 3 aliphatic heterocycles. The smallest absolute Gasteiger partial charge is 0.414 e. The lowest BCUT2D eigenvalue weighted by Gasteiger charge is -2.26. The summed E-state index contributed by atoms with van der Waals surface area (Å²) in [5.41, 5.74) is 0.0380. The molecule has 148 valence electrons. The molecule has 1 aliphatic carbocycles. The van der Waals surface area contributed by atoms with Crippen molar-refractivity contribution in [1.29, 1.82) is 0 Å². The highest BCUT2D eigenvalue weighted by molar-refractivity contribution is 8.03. The van der Waals surface area contributed by atoms with Crippen molar-refractivity contribution < 1.29 is 23.1 Å². The van der Waals surface area contributed by atoms with E-state index in [2.05, 4.69) is 5.32 Å². The van der Waals surface area contributed by atoms with Gasteiger partial charge in [0.15, 0.2) is 11.6 Å². The molecule has 1 saturated carbocycles. The minimum Gasteiger partial charge on any atom is -0.442 e. The topological polar surface area (TPSA) is 61.9 Å². The third kappa shape index (κ3) is 3.11. The zero-order chi connectivity index (χ0) is 19.4. The van der Waals surface area contributed by atoms with Gasteiger partial charge in [0, 0.05) is 47.4 Å². The zero-order valence-electron chi connectivity index (χ0n) is 15.0. The molecule has 1 N–H and O–H groups in total. The van der Waals surface area contributed by atoms with E-state index in [-0.39, 0.29) is 42.3 Å². The van der Waals surface area contributed by atoms with Crippen LogP contribution in [0.15, 0.2) is 23.2 Å². The first kappa shape index (κ1) is 17.8. The van der Waals surface area contributed by atoms with Crippen LogP contribution in [0.25, 0.3) is 0 Å². The molecule has 4 aliphatic rings. The highest BCUT2D eigenvalue weighted by Gasteiger charge is 2.37. The summed E-state index contributed by atoms with van der Waals surface area (Å²) < 4.78 is 34.8. The molecule has 9 heteroatoms. The molecule has 6 nitrogen and oxygen atoms in total. The molecule has 0 aromatic heterocycles.